The van der Waals surface area contributed by atoms with Gasteiger partial charge in [-0.1, -0.05) is 56.4 Å². The van der Waals surface area contributed by atoms with Crippen molar-refractivity contribution in [1.29, 1.82) is 0 Å². The first kappa shape index (κ1) is 21.0. The fourth-order valence-electron chi connectivity index (χ4n) is 8.02. The first-order valence-electron chi connectivity index (χ1n) is 12.6. The lowest BCUT2D eigenvalue weighted by atomic mass is 9.42. The predicted molar refractivity (Wildman–Crippen MR) is 136 cm³/mol. The van der Waals surface area contributed by atoms with Gasteiger partial charge in [-0.25, -0.2) is 0 Å². The number of nitrogens with two attached hydrogens (primary N) is 1. The summed E-state index contributed by atoms with van der Waals surface area (Å²) >= 11 is 8.79. The van der Waals surface area contributed by atoms with Gasteiger partial charge in [-0.3, -0.25) is 0 Å². The Morgan fingerprint density at radius 1 is 1.03 bits per heavy atom. The van der Waals surface area contributed by atoms with E-state index in [0.717, 1.165) is 41.8 Å². The Morgan fingerprint density at radius 2 is 1.71 bits per heavy atom. The number of likely N-dealkylation sites (tertiary alicyclic amines) is 1. The van der Waals surface area contributed by atoms with Gasteiger partial charge in [0.1, 0.15) is 0 Å². The highest BCUT2D eigenvalue weighted by molar-refractivity contribution is 8.00. The molecule has 1 aromatic carbocycles. The molecule has 6 fully saturated rings. The van der Waals surface area contributed by atoms with Gasteiger partial charge in [0.15, 0.2) is 0 Å². The van der Waals surface area contributed by atoms with Gasteiger partial charge in [0, 0.05) is 35.0 Å². The van der Waals surface area contributed by atoms with Crippen molar-refractivity contribution in [3.63, 3.8) is 0 Å². The molecule has 4 heteroatoms. The summed E-state index contributed by atoms with van der Waals surface area (Å²) in [5.41, 5.74) is 8.79. The summed E-state index contributed by atoms with van der Waals surface area (Å²) in [5, 5.41) is 1.84. The number of nitrogens with zero attached hydrogens (tertiary/aromatic N) is 1. The number of rotatable bonds is 4. The van der Waals surface area contributed by atoms with Gasteiger partial charge in [-0.2, -0.15) is 11.8 Å². The van der Waals surface area contributed by atoms with Crippen LogP contribution in [0.5, 0.6) is 0 Å². The molecule has 2 N–H and O–H groups in total. The van der Waals surface area contributed by atoms with Gasteiger partial charge in [0.25, 0.3) is 0 Å². The van der Waals surface area contributed by atoms with E-state index in [0.29, 0.717) is 5.41 Å². The van der Waals surface area contributed by atoms with E-state index < -0.39 is 0 Å². The zero-order chi connectivity index (χ0) is 21.4. The lowest BCUT2D eigenvalue weighted by molar-refractivity contribution is -0.0352. The van der Waals surface area contributed by atoms with Gasteiger partial charge in [-0.15, -0.1) is 0 Å². The van der Waals surface area contributed by atoms with E-state index in [1.165, 1.54) is 49.9 Å². The van der Waals surface area contributed by atoms with Crippen LogP contribution in [0.15, 0.2) is 30.3 Å². The normalized spacial score (nSPS) is 43.3. The Labute approximate surface area is 198 Å². The molecule has 0 spiro atoms. The molecule has 5 saturated carbocycles. The monoisotopic (exact) mass is 454 g/mol. The second-order valence-corrected chi connectivity index (χ2v) is 14.2. The number of thioether (sulfide) groups is 1. The molecule has 4 bridgehead atoms. The predicted octanol–water partition coefficient (Wildman–Crippen LogP) is 5.79. The summed E-state index contributed by atoms with van der Waals surface area (Å²) in [6.07, 6.45) is 10.7. The van der Waals surface area contributed by atoms with E-state index in [2.05, 4.69) is 60.8 Å². The largest absolute Gasteiger partial charge is 0.365 e. The van der Waals surface area contributed by atoms with Crippen LogP contribution in [0.4, 0.5) is 0 Å². The summed E-state index contributed by atoms with van der Waals surface area (Å²) in [5.74, 6) is 1.68. The maximum atomic E-state index is 6.48. The highest BCUT2D eigenvalue weighted by Crippen LogP contribution is 2.69. The van der Waals surface area contributed by atoms with E-state index >= 15 is 0 Å². The minimum absolute atomic E-state index is 0.145. The van der Waals surface area contributed by atoms with Crippen molar-refractivity contribution < 1.29 is 0 Å². The molecule has 5 aliphatic carbocycles. The Bertz CT molecular complexity index is 845. The molecule has 0 radical (unpaired) electrons. The zero-order valence-electron chi connectivity index (χ0n) is 19.2. The first-order chi connectivity index (χ1) is 14.8. The SMILES string of the molecule is CC1(C)CN(C(=S)C23CC4CC(c5ccccc5)(CC(C2)C4SC2CC2)C3)CC[C@@H]1N. The Hall–Kier alpha value is -0.580. The molecule has 7 rings (SSSR count). The maximum Gasteiger partial charge on any atom is 0.0842 e. The van der Waals surface area contributed by atoms with Crippen LogP contribution in [0.2, 0.25) is 0 Å². The highest BCUT2D eigenvalue weighted by Gasteiger charge is 2.64. The van der Waals surface area contributed by atoms with E-state index in [4.69, 9.17) is 18.0 Å². The molecule has 168 valence electrons. The maximum absolute atomic E-state index is 6.48. The van der Waals surface area contributed by atoms with Crippen molar-refractivity contribution in [3.8, 4) is 0 Å². The number of hydrogen-bond acceptors (Lipinski definition) is 3. The van der Waals surface area contributed by atoms with Crippen LogP contribution in [-0.4, -0.2) is 39.5 Å². The van der Waals surface area contributed by atoms with Crippen LogP contribution < -0.4 is 5.73 Å². The molecule has 1 aliphatic heterocycles. The van der Waals surface area contributed by atoms with E-state index in [1.807, 2.05) is 0 Å². The average Bonchev–Trinajstić information content (AvgIpc) is 3.57. The van der Waals surface area contributed by atoms with Crippen molar-refractivity contribution in [2.24, 2.45) is 28.4 Å². The highest BCUT2D eigenvalue weighted by atomic mass is 32.2. The lowest BCUT2D eigenvalue weighted by Crippen LogP contribution is -2.64. The molecular weight excluding hydrogens is 416 g/mol. The van der Waals surface area contributed by atoms with Crippen molar-refractivity contribution in [2.45, 2.75) is 87.2 Å². The smallest absolute Gasteiger partial charge is 0.0842 e. The second kappa shape index (κ2) is 7.21. The molecule has 31 heavy (non-hydrogen) atoms. The van der Waals surface area contributed by atoms with Crippen molar-refractivity contribution in [1.82, 2.24) is 4.90 Å². The number of piperidine rings is 1. The molecule has 0 aromatic heterocycles. The summed E-state index contributed by atoms with van der Waals surface area (Å²) in [4.78, 5) is 3.89. The topological polar surface area (TPSA) is 29.3 Å². The summed E-state index contributed by atoms with van der Waals surface area (Å²) in [7, 11) is 0. The number of benzene rings is 1. The van der Waals surface area contributed by atoms with Crippen LogP contribution in [0.25, 0.3) is 0 Å². The minimum atomic E-state index is 0.145. The van der Waals surface area contributed by atoms with Gasteiger partial charge in [-0.05, 0) is 79.6 Å². The Morgan fingerprint density at radius 3 is 2.32 bits per heavy atom. The van der Waals surface area contributed by atoms with Crippen LogP contribution in [0.1, 0.15) is 70.8 Å². The third-order valence-corrected chi connectivity index (χ3v) is 12.2. The molecule has 1 aromatic rings. The molecule has 6 aliphatic rings. The van der Waals surface area contributed by atoms with Crippen molar-refractivity contribution >= 4 is 29.0 Å². The number of hydrogen-bond donors (Lipinski definition) is 1. The van der Waals surface area contributed by atoms with E-state index in [-0.39, 0.29) is 16.9 Å². The van der Waals surface area contributed by atoms with Crippen LogP contribution in [-0.2, 0) is 5.41 Å². The standard InChI is InChI=1S/C27H38N2S2/c1-25(2)17-29(11-10-22(25)28)24(30)27-14-18-12-26(16-27,20-6-4-3-5-7-20)13-19(15-27)23(18)31-21-8-9-21/h3-7,18-19,21-23H,8-17,28H2,1-2H3/t18?,19?,22-,23?,26?,27?/m0/s1. The van der Waals surface area contributed by atoms with Gasteiger partial charge in [0.05, 0.1) is 4.99 Å². The first-order valence-corrected chi connectivity index (χ1v) is 13.9. The molecule has 2 nitrogen and oxygen atoms in total. The van der Waals surface area contributed by atoms with Crippen molar-refractivity contribution in [2.75, 3.05) is 13.1 Å². The van der Waals surface area contributed by atoms with Crippen LogP contribution in [0.3, 0.4) is 0 Å². The van der Waals surface area contributed by atoms with E-state index in [9.17, 15) is 0 Å². The molecule has 1 saturated heterocycles. The molecule has 2 unspecified atom stereocenters. The van der Waals surface area contributed by atoms with Crippen molar-refractivity contribution in [3.05, 3.63) is 35.9 Å². The van der Waals surface area contributed by atoms with Gasteiger partial charge >= 0.3 is 0 Å². The Balaban J connectivity index is 1.34. The second-order valence-electron chi connectivity index (χ2n) is 12.4. The molecule has 1 heterocycles. The Kier molecular flexibility index (Phi) is 4.88. The average molecular weight is 455 g/mol. The van der Waals surface area contributed by atoms with E-state index in [1.54, 1.807) is 5.56 Å². The third kappa shape index (κ3) is 3.42. The van der Waals surface area contributed by atoms with Crippen LogP contribution in [0, 0.1) is 22.7 Å². The summed E-state index contributed by atoms with van der Waals surface area (Å²) < 4.78 is 0. The molecule has 0 amide bonds. The van der Waals surface area contributed by atoms with Crippen LogP contribution >= 0.6 is 24.0 Å². The quantitative estimate of drug-likeness (QED) is 0.584. The van der Waals surface area contributed by atoms with Gasteiger partial charge < -0.3 is 10.6 Å². The minimum Gasteiger partial charge on any atom is -0.365 e. The number of thiocarbonyl (C=S) groups is 1. The summed E-state index contributed by atoms with van der Waals surface area (Å²) in [6, 6.07) is 11.8. The zero-order valence-corrected chi connectivity index (χ0v) is 20.8. The van der Waals surface area contributed by atoms with Gasteiger partial charge in [0.2, 0.25) is 0 Å². The fraction of sp³-hybridized carbons (Fsp3) is 0.741. The molecular formula is C27H38N2S2. The summed E-state index contributed by atoms with van der Waals surface area (Å²) in [6.45, 7) is 6.75. The third-order valence-electron chi connectivity index (χ3n) is 9.53. The molecule has 3 atom stereocenters. The lowest BCUT2D eigenvalue weighted by Gasteiger charge is -2.66. The fourth-order valence-corrected chi connectivity index (χ4v) is 10.1.